The maximum absolute atomic E-state index is 12.0. The summed E-state index contributed by atoms with van der Waals surface area (Å²) in [5.41, 5.74) is -0.272. The van der Waals surface area contributed by atoms with Crippen LogP contribution in [-0.4, -0.2) is 30.9 Å². The average Bonchev–Trinajstić information content (AvgIpc) is 2.05. The van der Waals surface area contributed by atoms with E-state index in [1.54, 1.807) is 19.0 Å². The summed E-state index contributed by atoms with van der Waals surface area (Å²) in [6, 6.07) is 1.12. The molecule has 1 rings (SSSR count). The summed E-state index contributed by atoms with van der Waals surface area (Å²) >= 11 is 0. The molecule has 0 saturated heterocycles. The van der Waals surface area contributed by atoms with E-state index in [9.17, 15) is 17.7 Å². The highest BCUT2D eigenvalue weighted by Crippen LogP contribution is 2.10. The first kappa shape index (κ1) is 11.6. The van der Waals surface area contributed by atoms with Gasteiger partial charge in [-0.2, -0.15) is 5.10 Å². The van der Waals surface area contributed by atoms with Crippen molar-refractivity contribution >= 4 is 12.7 Å². The quantitative estimate of drug-likeness (QED) is 0.703. The number of hydrogen-bond acceptors (Lipinski definition) is 3. The Morgan fingerprint density at radius 3 is 2.47 bits per heavy atom. The van der Waals surface area contributed by atoms with E-state index < -0.39 is 19.0 Å². The van der Waals surface area contributed by atoms with Crippen LogP contribution in [0.1, 0.15) is 0 Å². The Morgan fingerprint density at radius 1 is 1.47 bits per heavy atom. The summed E-state index contributed by atoms with van der Waals surface area (Å²) in [7, 11) is 3.35. The minimum absolute atomic E-state index is 0.410. The fraction of sp³-hybridized carbons (Fsp3) is 0.429. The molecular weight excluding hydrogens is 210 g/mol. The van der Waals surface area contributed by atoms with E-state index in [-0.39, 0.29) is 0 Å². The molecule has 1 heterocycles. The summed E-state index contributed by atoms with van der Waals surface area (Å²) in [6.07, 6.45) is -0.0736. The Kier molecular flexibility index (Phi) is 3.06. The van der Waals surface area contributed by atoms with Crippen LogP contribution in [0, 0.1) is 0 Å². The number of halogens is 3. The van der Waals surface area contributed by atoms with Crippen LogP contribution < -0.4 is 10.5 Å². The lowest BCUT2D eigenvalue weighted by Crippen LogP contribution is -2.33. The zero-order chi connectivity index (χ0) is 11.6. The molecule has 0 aliphatic carbocycles. The highest BCUT2D eigenvalue weighted by molar-refractivity contribution is 6.57. The molecule has 15 heavy (non-hydrogen) atoms. The Labute approximate surface area is 84.4 Å². The minimum atomic E-state index is -5.04. The monoisotopic (exact) mass is 220 g/mol. The standard InChI is InChI=1S/C7H10BF3N3O/c1-13(2)6-3-7(15)14(12-4-6)5-8(9,10)11/h3-4H,5H2,1-2H3/q-1. The van der Waals surface area contributed by atoms with Gasteiger partial charge in [0.15, 0.2) is 0 Å². The van der Waals surface area contributed by atoms with Crippen LogP contribution >= 0.6 is 0 Å². The van der Waals surface area contributed by atoms with Gasteiger partial charge in [-0.1, -0.05) is 0 Å². The van der Waals surface area contributed by atoms with Gasteiger partial charge < -0.3 is 17.8 Å². The van der Waals surface area contributed by atoms with E-state index in [0.717, 1.165) is 6.07 Å². The zero-order valence-electron chi connectivity index (χ0n) is 8.32. The number of aromatic nitrogens is 2. The van der Waals surface area contributed by atoms with Crippen molar-refractivity contribution in [2.24, 2.45) is 0 Å². The largest absolute Gasteiger partial charge is 0.499 e. The Hall–Kier alpha value is -1.47. The molecule has 0 saturated carbocycles. The van der Waals surface area contributed by atoms with Gasteiger partial charge in [0.25, 0.3) is 5.56 Å². The van der Waals surface area contributed by atoms with Crippen LogP contribution in [0.15, 0.2) is 17.1 Å². The van der Waals surface area contributed by atoms with Gasteiger partial charge >= 0.3 is 6.98 Å². The Morgan fingerprint density at radius 2 is 2.07 bits per heavy atom. The van der Waals surface area contributed by atoms with Crippen LogP contribution in [0.2, 0.25) is 0 Å². The second kappa shape index (κ2) is 3.96. The lowest BCUT2D eigenvalue weighted by Gasteiger charge is -2.16. The lowest BCUT2D eigenvalue weighted by molar-refractivity contribution is 0.430. The third-order valence-corrected chi connectivity index (χ3v) is 1.75. The molecular formula is C7H10BF3N3O-. The van der Waals surface area contributed by atoms with Crippen molar-refractivity contribution in [2.75, 3.05) is 19.0 Å². The summed E-state index contributed by atoms with van der Waals surface area (Å²) in [5, 5.41) is 3.44. The normalized spacial score (nSPS) is 11.5. The molecule has 0 fully saturated rings. The molecule has 1 aromatic heterocycles. The van der Waals surface area contributed by atoms with Gasteiger partial charge in [0, 0.05) is 26.6 Å². The smallest absolute Gasteiger partial charge is 0.448 e. The molecule has 0 spiro atoms. The maximum atomic E-state index is 12.0. The summed E-state index contributed by atoms with van der Waals surface area (Å²) in [4.78, 5) is 12.8. The molecule has 0 unspecified atom stereocenters. The van der Waals surface area contributed by atoms with Gasteiger partial charge in [-0.05, 0) is 0 Å². The number of rotatable bonds is 3. The third-order valence-electron chi connectivity index (χ3n) is 1.75. The van der Waals surface area contributed by atoms with E-state index in [4.69, 9.17) is 0 Å². The van der Waals surface area contributed by atoms with Crippen molar-refractivity contribution in [1.82, 2.24) is 9.78 Å². The molecule has 0 atom stereocenters. The van der Waals surface area contributed by atoms with E-state index in [2.05, 4.69) is 5.10 Å². The lowest BCUT2D eigenvalue weighted by atomic mass is 9.93. The first-order valence-corrected chi connectivity index (χ1v) is 4.25. The Bertz CT molecular complexity index is 401. The first-order valence-electron chi connectivity index (χ1n) is 4.25. The summed E-state index contributed by atoms with van der Waals surface area (Å²) in [6.45, 7) is -5.04. The van der Waals surface area contributed by atoms with Crippen molar-refractivity contribution in [1.29, 1.82) is 0 Å². The van der Waals surface area contributed by atoms with Crippen LogP contribution in [0.5, 0.6) is 0 Å². The second-order valence-corrected chi connectivity index (χ2v) is 3.34. The van der Waals surface area contributed by atoms with Crippen molar-refractivity contribution in [3.8, 4) is 0 Å². The van der Waals surface area contributed by atoms with Gasteiger partial charge in [0.2, 0.25) is 0 Å². The van der Waals surface area contributed by atoms with Crippen molar-refractivity contribution in [2.45, 2.75) is 6.44 Å². The maximum Gasteiger partial charge on any atom is 0.499 e. The molecule has 8 heteroatoms. The molecule has 0 bridgehead atoms. The molecule has 1 aromatic rings. The summed E-state index contributed by atoms with van der Waals surface area (Å²) in [5.74, 6) is 0. The van der Waals surface area contributed by atoms with Crippen LogP contribution in [0.3, 0.4) is 0 Å². The van der Waals surface area contributed by atoms with Crippen molar-refractivity contribution in [3.63, 3.8) is 0 Å². The topological polar surface area (TPSA) is 38.1 Å². The van der Waals surface area contributed by atoms with Gasteiger partial charge in [0.05, 0.1) is 11.9 Å². The molecule has 0 aliphatic heterocycles. The number of anilines is 1. The number of hydrogen-bond donors (Lipinski definition) is 0. The molecule has 0 aliphatic rings. The molecule has 0 amide bonds. The fourth-order valence-electron chi connectivity index (χ4n) is 1.00. The SMILES string of the molecule is CN(C)c1cnn(C[B-](F)(F)F)c(=O)c1. The Balaban J connectivity index is 2.99. The first-order chi connectivity index (χ1) is 6.79. The summed E-state index contributed by atoms with van der Waals surface area (Å²) < 4.78 is 36.5. The van der Waals surface area contributed by atoms with E-state index in [1.165, 1.54) is 6.20 Å². The van der Waals surface area contributed by atoms with Crippen molar-refractivity contribution in [3.05, 3.63) is 22.6 Å². The predicted octanol–water partition coefficient (Wildman–Crippen LogP) is 0.696. The molecule has 84 valence electrons. The molecule has 0 N–H and O–H groups in total. The highest BCUT2D eigenvalue weighted by atomic mass is 19.4. The third kappa shape index (κ3) is 3.30. The van der Waals surface area contributed by atoms with Gasteiger partial charge in [-0.15, -0.1) is 0 Å². The van der Waals surface area contributed by atoms with E-state index >= 15 is 0 Å². The van der Waals surface area contributed by atoms with Crippen LogP contribution in [0.4, 0.5) is 18.6 Å². The van der Waals surface area contributed by atoms with Crippen LogP contribution in [-0.2, 0) is 6.44 Å². The van der Waals surface area contributed by atoms with Crippen molar-refractivity contribution < 1.29 is 12.9 Å². The van der Waals surface area contributed by atoms with E-state index in [0.29, 0.717) is 10.4 Å². The van der Waals surface area contributed by atoms with E-state index in [1.807, 2.05) is 0 Å². The molecule has 0 radical (unpaired) electrons. The van der Waals surface area contributed by atoms with Gasteiger partial charge in [-0.25, -0.2) is 0 Å². The van der Waals surface area contributed by atoms with Crippen LogP contribution in [0.25, 0.3) is 0 Å². The zero-order valence-corrected chi connectivity index (χ0v) is 8.32. The fourth-order valence-corrected chi connectivity index (χ4v) is 1.00. The van der Waals surface area contributed by atoms with Gasteiger partial charge in [0.1, 0.15) is 0 Å². The average molecular weight is 220 g/mol. The molecule has 0 aromatic carbocycles. The van der Waals surface area contributed by atoms with Gasteiger partial charge in [-0.3, -0.25) is 9.48 Å². The predicted molar refractivity (Wildman–Crippen MR) is 51.9 cm³/mol. The highest BCUT2D eigenvalue weighted by Gasteiger charge is 2.24. The minimum Gasteiger partial charge on any atom is -0.448 e. The molecule has 4 nitrogen and oxygen atoms in total. The second-order valence-electron chi connectivity index (χ2n) is 3.34. The number of nitrogens with zero attached hydrogens (tertiary/aromatic N) is 3.